The quantitative estimate of drug-likeness (QED) is 0.631. The molecule has 0 saturated carbocycles. The molecule has 0 spiro atoms. The van der Waals surface area contributed by atoms with Gasteiger partial charge in [0.2, 0.25) is 5.91 Å². The summed E-state index contributed by atoms with van der Waals surface area (Å²) in [4.78, 5) is 49.1. The molecule has 0 aromatic heterocycles. The summed E-state index contributed by atoms with van der Waals surface area (Å²) in [5.41, 5.74) is 1.89. The van der Waals surface area contributed by atoms with E-state index in [4.69, 9.17) is 0 Å². The van der Waals surface area contributed by atoms with Crippen molar-refractivity contribution in [2.75, 3.05) is 17.2 Å². The fraction of sp³-hybridized carbons (Fsp3) is 0.100. The normalized spacial score (nSPS) is 12.6. The van der Waals surface area contributed by atoms with Gasteiger partial charge in [-0.2, -0.15) is 0 Å². The summed E-state index contributed by atoms with van der Waals surface area (Å²) in [6.45, 7) is 5.07. The molecule has 2 aromatic rings. The number of nitrogens with zero attached hydrogens (tertiary/aromatic N) is 1. The van der Waals surface area contributed by atoms with Gasteiger partial charge in [0.05, 0.1) is 11.1 Å². The average Bonchev–Trinajstić information content (AvgIpc) is 2.88. The maximum absolute atomic E-state index is 12.5. The van der Waals surface area contributed by atoms with Gasteiger partial charge in [-0.25, -0.2) is 0 Å². The maximum atomic E-state index is 12.5. The number of fused-ring (bicyclic) bond motifs is 1. The van der Waals surface area contributed by atoms with Crippen LogP contribution >= 0.6 is 0 Å². The Bertz CT molecular complexity index is 964. The number of hydrogen-bond acceptors (Lipinski definition) is 4. The minimum Gasteiger partial charge on any atom is -0.326 e. The van der Waals surface area contributed by atoms with Gasteiger partial charge >= 0.3 is 0 Å². The van der Waals surface area contributed by atoms with Crippen LogP contribution < -0.4 is 10.6 Å². The average molecular weight is 363 g/mol. The lowest BCUT2D eigenvalue weighted by Gasteiger charge is -2.09. The third kappa shape index (κ3) is 3.62. The molecular formula is C20H17N3O4. The minimum absolute atomic E-state index is 0.120. The van der Waals surface area contributed by atoms with Gasteiger partial charge in [-0.05, 0) is 42.5 Å². The van der Waals surface area contributed by atoms with E-state index in [9.17, 15) is 19.2 Å². The first kappa shape index (κ1) is 18.1. The van der Waals surface area contributed by atoms with Crippen LogP contribution in [-0.2, 0) is 4.79 Å². The van der Waals surface area contributed by atoms with E-state index in [0.717, 1.165) is 4.90 Å². The molecule has 3 rings (SSSR count). The van der Waals surface area contributed by atoms with E-state index in [1.54, 1.807) is 24.3 Å². The van der Waals surface area contributed by atoms with Crippen molar-refractivity contribution in [3.8, 4) is 0 Å². The number of amides is 4. The fourth-order valence-corrected chi connectivity index (χ4v) is 2.77. The molecule has 4 amide bonds. The Morgan fingerprint density at radius 2 is 1.56 bits per heavy atom. The van der Waals surface area contributed by atoms with Crippen LogP contribution in [0.1, 0.15) is 38.0 Å². The summed E-state index contributed by atoms with van der Waals surface area (Å²) in [5.74, 6) is -1.43. The van der Waals surface area contributed by atoms with E-state index in [2.05, 4.69) is 17.2 Å². The van der Waals surface area contributed by atoms with E-state index in [1.165, 1.54) is 31.2 Å². The predicted molar refractivity (Wildman–Crippen MR) is 101 cm³/mol. The van der Waals surface area contributed by atoms with Crippen molar-refractivity contribution in [3.63, 3.8) is 0 Å². The second kappa shape index (κ2) is 7.25. The van der Waals surface area contributed by atoms with Gasteiger partial charge in [0, 0.05) is 30.4 Å². The number of carbonyl (C=O) groups excluding carboxylic acids is 4. The molecule has 2 N–H and O–H groups in total. The first-order chi connectivity index (χ1) is 12.9. The third-order valence-electron chi connectivity index (χ3n) is 4.01. The molecule has 136 valence electrons. The monoisotopic (exact) mass is 363 g/mol. The maximum Gasteiger partial charge on any atom is 0.261 e. The highest BCUT2D eigenvalue weighted by atomic mass is 16.2. The summed E-state index contributed by atoms with van der Waals surface area (Å²) in [5, 5.41) is 5.35. The summed E-state index contributed by atoms with van der Waals surface area (Å²) in [6, 6.07) is 11.0. The van der Waals surface area contributed by atoms with Gasteiger partial charge in [-0.1, -0.05) is 6.08 Å². The van der Waals surface area contributed by atoms with Crippen molar-refractivity contribution >= 4 is 35.0 Å². The second-order valence-corrected chi connectivity index (χ2v) is 5.98. The molecule has 0 saturated heterocycles. The van der Waals surface area contributed by atoms with Gasteiger partial charge in [0.25, 0.3) is 17.7 Å². The largest absolute Gasteiger partial charge is 0.326 e. The Morgan fingerprint density at radius 1 is 0.963 bits per heavy atom. The summed E-state index contributed by atoms with van der Waals surface area (Å²) < 4.78 is 0. The number of benzene rings is 2. The zero-order valence-corrected chi connectivity index (χ0v) is 14.6. The first-order valence-corrected chi connectivity index (χ1v) is 8.21. The molecule has 7 heteroatoms. The fourth-order valence-electron chi connectivity index (χ4n) is 2.77. The molecule has 0 bridgehead atoms. The third-order valence-corrected chi connectivity index (χ3v) is 4.01. The lowest BCUT2D eigenvalue weighted by molar-refractivity contribution is -0.114. The Labute approximate surface area is 155 Å². The van der Waals surface area contributed by atoms with Crippen molar-refractivity contribution in [3.05, 3.63) is 71.8 Å². The van der Waals surface area contributed by atoms with Crippen molar-refractivity contribution in [1.82, 2.24) is 4.90 Å². The van der Waals surface area contributed by atoms with E-state index < -0.39 is 17.7 Å². The zero-order chi connectivity index (χ0) is 19.6. The Morgan fingerprint density at radius 3 is 2.15 bits per heavy atom. The van der Waals surface area contributed by atoms with Crippen molar-refractivity contribution in [2.45, 2.75) is 6.92 Å². The first-order valence-electron chi connectivity index (χ1n) is 8.21. The molecule has 2 aromatic carbocycles. The van der Waals surface area contributed by atoms with Gasteiger partial charge in [0.15, 0.2) is 0 Å². The molecule has 1 aliphatic rings. The van der Waals surface area contributed by atoms with Crippen molar-refractivity contribution in [1.29, 1.82) is 0 Å². The van der Waals surface area contributed by atoms with Crippen LogP contribution in [0.15, 0.2) is 55.1 Å². The van der Waals surface area contributed by atoms with Gasteiger partial charge in [0.1, 0.15) is 0 Å². The second-order valence-electron chi connectivity index (χ2n) is 5.98. The molecule has 0 radical (unpaired) electrons. The van der Waals surface area contributed by atoms with E-state index in [0.29, 0.717) is 11.4 Å². The number of hydrogen-bond donors (Lipinski definition) is 2. The molecule has 1 aliphatic heterocycles. The van der Waals surface area contributed by atoms with Crippen LogP contribution in [0.4, 0.5) is 11.4 Å². The molecule has 0 fully saturated rings. The molecule has 7 nitrogen and oxygen atoms in total. The Hall–Kier alpha value is -3.74. The van der Waals surface area contributed by atoms with Crippen molar-refractivity contribution in [2.24, 2.45) is 0 Å². The molecule has 0 aliphatic carbocycles. The number of rotatable bonds is 5. The van der Waals surface area contributed by atoms with Gasteiger partial charge < -0.3 is 10.6 Å². The molecular weight excluding hydrogens is 346 g/mol. The van der Waals surface area contributed by atoms with Crippen LogP contribution in [-0.4, -0.2) is 35.1 Å². The topological polar surface area (TPSA) is 95.6 Å². The van der Waals surface area contributed by atoms with E-state index >= 15 is 0 Å². The van der Waals surface area contributed by atoms with Crippen LogP contribution in [0, 0.1) is 0 Å². The van der Waals surface area contributed by atoms with Crippen LogP contribution in [0.2, 0.25) is 0 Å². The highest BCUT2D eigenvalue weighted by Crippen LogP contribution is 2.24. The minimum atomic E-state index is -0.441. The highest BCUT2D eigenvalue weighted by Gasteiger charge is 2.35. The summed E-state index contributed by atoms with van der Waals surface area (Å²) in [7, 11) is 0. The van der Waals surface area contributed by atoms with Gasteiger partial charge in [-0.3, -0.25) is 24.1 Å². The zero-order valence-electron chi connectivity index (χ0n) is 14.6. The lowest BCUT2D eigenvalue weighted by Crippen LogP contribution is -2.29. The smallest absolute Gasteiger partial charge is 0.261 e. The summed E-state index contributed by atoms with van der Waals surface area (Å²) >= 11 is 0. The summed E-state index contributed by atoms with van der Waals surface area (Å²) in [6.07, 6.45) is 1.47. The van der Waals surface area contributed by atoms with Crippen LogP contribution in [0.25, 0.3) is 0 Å². The van der Waals surface area contributed by atoms with Crippen LogP contribution in [0.3, 0.4) is 0 Å². The SMILES string of the molecule is C=CCN1C(=O)c2ccc(C(=O)Nc3ccc(NC(C)=O)cc3)cc2C1=O. The molecule has 1 heterocycles. The lowest BCUT2D eigenvalue weighted by atomic mass is 10.1. The number of anilines is 2. The number of imide groups is 1. The molecule has 27 heavy (non-hydrogen) atoms. The molecule has 0 unspecified atom stereocenters. The van der Waals surface area contributed by atoms with Gasteiger partial charge in [-0.15, -0.1) is 6.58 Å². The Kier molecular flexibility index (Phi) is 4.85. The van der Waals surface area contributed by atoms with Crippen molar-refractivity contribution < 1.29 is 19.2 Å². The standard InChI is InChI=1S/C20H17N3O4/c1-3-10-23-19(26)16-9-4-13(11-17(16)20(23)27)18(25)22-15-7-5-14(6-8-15)21-12(2)24/h3-9,11H,1,10H2,2H3,(H,21,24)(H,22,25). The predicted octanol–water partition coefficient (Wildman–Crippen LogP) is 2.68. The van der Waals surface area contributed by atoms with E-state index in [-0.39, 0.29) is 29.1 Å². The molecule has 0 atom stereocenters. The number of carbonyl (C=O) groups is 4. The number of nitrogens with one attached hydrogen (secondary N) is 2. The van der Waals surface area contributed by atoms with E-state index in [1.807, 2.05) is 0 Å². The highest BCUT2D eigenvalue weighted by molar-refractivity contribution is 6.22. The van der Waals surface area contributed by atoms with Crippen LogP contribution in [0.5, 0.6) is 0 Å². The Balaban J connectivity index is 1.77.